The van der Waals surface area contributed by atoms with Crippen LogP contribution in [0.25, 0.3) is 0 Å². The number of rotatable bonds is 10. The van der Waals surface area contributed by atoms with Crippen LogP contribution in [0.4, 0.5) is 0 Å². The Morgan fingerprint density at radius 3 is 1.26 bits per heavy atom. The third-order valence-electron chi connectivity index (χ3n) is 2.51. The molecule has 0 aromatic heterocycles. The normalized spacial score (nSPS) is 10.3. The van der Waals surface area contributed by atoms with Crippen LogP contribution >= 0.6 is 0 Å². The molecule has 19 heavy (non-hydrogen) atoms. The van der Waals surface area contributed by atoms with E-state index in [0.29, 0.717) is 6.61 Å². The van der Waals surface area contributed by atoms with Crippen LogP contribution in [-0.4, -0.2) is 58.8 Å². The summed E-state index contributed by atoms with van der Waals surface area (Å²) in [5, 5.41) is 8.57. The van der Waals surface area contributed by atoms with E-state index in [9.17, 15) is 0 Å². The molecule has 0 saturated carbocycles. The van der Waals surface area contributed by atoms with Crippen molar-refractivity contribution in [1.82, 2.24) is 0 Å². The standard InChI is InChI=1S/C12H26O.Na.H2O4S.H/c1-2-3-4-5-6-7-8-9-10-11-12-13;;1-5(2,3)4;/h13H,2-12H2,1H3;;(H2,1,2,3,4);. The predicted octanol–water partition coefficient (Wildman–Crippen LogP) is 2.60. The summed E-state index contributed by atoms with van der Waals surface area (Å²) in [7, 11) is -4.67. The van der Waals surface area contributed by atoms with Crippen LogP contribution in [0.2, 0.25) is 0 Å². The van der Waals surface area contributed by atoms with E-state index in [1.165, 1.54) is 57.8 Å². The molecule has 0 fully saturated rings. The molecule has 0 spiro atoms. The van der Waals surface area contributed by atoms with Gasteiger partial charge in [-0.3, -0.25) is 9.11 Å². The molecule has 0 rings (SSSR count). The summed E-state index contributed by atoms with van der Waals surface area (Å²) < 4.78 is 31.6. The van der Waals surface area contributed by atoms with E-state index in [1.54, 1.807) is 0 Å². The molecule has 3 N–H and O–H groups in total. The van der Waals surface area contributed by atoms with Crippen molar-refractivity contribution in [2.45, 2.75) is 71.1 Å². The molecule has 0 amide bonds. The van der Waals surface area contributed by atoms with Crippen molar-refractivity contribution >= 4 is 40.0 Å². The molecule has 7 heteroatoms. The molecule has 114 valence electrons. The number of hydrogen-bond donors (Lipinski definition) is 3. The molecule has 0 aliphatic rings. The molecule has 0 radical (unpaired) electrons. The Hall–Kier alpha value is 0.830. The fraction of sp³-hybridized carbons (Fsp3) is 1.00. The van der Waals surface area contributed by atoms with Crippen molar-refractivity contribution < 1.29 is 22.6 Å². The van der Waals surface area contributed by atoms with Crippen molar-refractivity contribution in [3.05, 3.63) is 0 Å². The zero-order valence-corrected chi connectivity index (χ0v) is 12.2. The van der Waals surface area contributed by atoms with Gasteiger partial charge in [-0.1, -0.05) is 64.7 Å². The first-order valence-electron chi connectivity index (χ1n) is 6.72. The monoisotopic (exact) mass is 308 g/mol. The zero-order valence-electron chi connectivity index (χ0n) is 11.3. The van der Waals surface area contributed by atoms with Crippen LogP contribution in [0.1, 0.15) is 71.1 Å². The third-order valence-corrected chi connectivity index (χ3v) is 2.51. The van der Waals surface area contributed by atoms with E-state index >= 15 is 0 Å². The quantitative estimate of drug-likeness (QED) is 0.327. The van der Waals surface area contributed by atoms with Gasteiger partial charge in [-0.2, -0.15) is 8.42 Å². The average molecular weight is 308 g/mol. The van der Waals surface area contributed by atoms with E-state index in [1.807, 2.05) is 0 Å². The number of unbranched alkanes of at least 4 members (excludes halogenated alkanes) is 9. The molecule has 0 aromatic carbocycles. The molecule has 5 nitrogen and oxygen atoms in total. The summed E-state index contributed by atoms with van der Waals surface area (Å²) in [6.07, 6.45) is 13.3. The van der Waals surface area contributed by atoms with Crippen LogP contribution in [0, 0.1) is 0 Å². The van der Waals surface area contributed by atoms with E-state index in [4.69, 9.17) is 22.6 Å². The second-order valence-electron chi connectivity index (χ2n) is 4.35. The molecule has 0 aromatic rings. The summed E-state index contributed by atoms with van der Waals surface area (Å²) in [6, 6.07) is 0. The number of hydrogen-bond acceptors (Lipinski definition) is 3. The van der Waals surface area contributed by atoms with Gasteiger partial charge in [0.15, 0.2) is 0 Å². The van der Waals surface area contributed by atoms with Gasteiger partial charge in [0.25, 0.3) is 0 Å². The van der Waals surface area contributed by atoms with Gasteiger partial charge in [0, 0.05) is 6.61 Å². The van der Waals surface area contributed by atoms with Crippen LogP contribution in [0.5, 0.6) is 0 Å². The van der Waals surface area contributed by atoms with Crippen molar-refractivity contribution in [3.8, 4) is 0 Å². The van der Waals surface area contributed by atoms with Crippen LogP contribution in [0.3, 0.4) is 0 Å². The number of aliphatic hydroxyl groups excluding tert-OH is 1. The number of aliphatic hydroxyl groups is 1. The second-order valence-corrected chi connectivity index (χ2v) is 5.25. The summed E-state index contributed by atoms with van der Waals surface area (Å²) in [5.74, 6) is 0. The maximum absolute atomic E-state index is 8.74. The van der Waals surface area contributed by atoms with E-state index in [2.05, 4.69) is 6.92 Å². The van der Waals surface area contributed by atoms with Gasteiger partial charge >= 0.3 is 40.0 Å². The van der Waals surface area contributed by atoms with Gasteiger partial charge in [0.05, 0.1) is 0 Å². The summed E-state index contributed by atoms with van der Waals surface area (Å²) >= 11 is 0. The Balaban J connectivity index is -0.000000366. The molecular weight excluding hydrogens is 279 g/mol. The first kappa shape index (κ1) is 24.8. The van der Waals surface area contributed by atoms with Crippen molar-refractivity contribution in [3.63, 3.8) is 0 Å². The van der Waals surface area contributed by atoms with E-state index < -0.39 is 10.4 Å². The minimum atomic E-state index is -4.67. The Morgan fingerprint density at radius 2 is 1.00 bits per heavy atom. The van der Waals surface area contributed by atoms with Crippen LogP contribution in [-0.2, 0) is 10.4 Å². The van der Waals surface area contributed by atoms with Gasteiger partial charge in [-0.25, -0.2) is 0 Å². The average Bonchev–Trinajstić information content (AvgIpc) is 2.25. The Bertz CT molecular complexity index is 227. The zero-order chi connectivity index (χ0) is 14.3. The summed E-state index contributed by atoms with van der Waals surface area (Å²) in [5.41, 5.74) is 0. The van der Waals surface area contributed by atoms with Gasteiger partial charge in [-0.15, -0.1) is 0 Å². The fourth-order valence-electron chi connectivity index (χ4n) is 1.60. The van der Waals surface area contributed by atoms with Gasteiger partial charge in [-0.05, 0) is 6.42 Å². The predicted molar refractivity (Wildman–Crippen MR) is 80.3 cm³/mol. The molecule has 0 aliphatic heterocycles. The molecule has 0 unspecified atom stereocenters. The Morgan fingerprint density at radius 1 is 0.737 bits per heavy atom. The Labute approximate surface area is 140 Å². The van der Waals surface area contributed by atoms with Crippen molar-refractivity contribution in [1.29, 1.82) is 0 Å². The molecule has 0 aliphatic carbocycles. The fourth-order valence-corrected chi connectivity index (χ4v) is 1.60. The summed E-state index contributed by atoms with van der Waals surface area (Å²) in [6.45, 7) is 2.63. The topological polar surface area (TPSA) is 94.8 Å². The molecule has 0 saturated heterocycles. The van der Waals surface area contributed by atoms with Gasteiger partial charge < -0.3 is 5.11 Å². The van der Waals surface area contributed by atoms with Crippen molar-refractivity contribution in [2.24, 2.45) is 0 Å². The van der Waals surface area contributed by atoms with Crippen LogP contribution in [0.15, 0.2) is 0 Å². The van der Waals surface area contributed by atoms with Crippen LogP contribution < -0.4 is 0 Å². The van der Waals surface area contributed by atoms with E-state index in [0.717, 1.165) is 6.42 Å². The van der Waals surface area contributed by atoms with E-state index in [-0.39, 0.29) is 29.6 Å². The SMILES string of the molecule is CCCCCCCCCCCCO.O=S(=O)(O)O.[NaH]. The maximum atomic E-state index is 8.74. The minimum absolute atomic E-state index is 0. The van der Waals surface area contributed by atoms with Crippen molar-refractivity contribution in [2.75, 3.05) is 6.61 Å². The molecule has 0 heterocycles. The first-order valence-corrected chi connectivity index (χ1v) is 8.12. The summed E-state index contributed by atoms with van der Waals surface area (Å²) in [4.78, 5) is 0. The molecule has 0 bridgehead atoms. The first-order chi connectivity index (χ1) is 8.41. The molecule has 0 atom stereocenters. The Kier molecular flexibility index (Phi) is 24.6. The third kappa shape index (κ3) is 45.5. The second kappa shape index (κ2) is 18.8. The van der Waals surface area contributed by atoms with Gasteiger partial charge in [0.2, 0.25) is 0 Å². The van der Waals surface area contributed by atoms with Gasteiger partial charge in [0.1, 0.15) is 0 Å². The molecular formula is C12H29NaO5S.